The van der Waals surface area contributed by atoms with E-state index >= 15 is 0 Å². The van der Waals surface area contributed by atoms with E-state index in [-0.39, 0.29) is 5.97 Å². The van der Waals surface area contributed by atoms with E-state index in [0.717, 1.165) is 12.8 Å². The van der Waals surface area contributed by atoms with Gasteiger partial charge in [-0.05, 0) is 44.2 Å². The van der Waals surface area contributed by atoms with Crippen LogP contribution in [0.4, 0.5) is 0 Å². The number of carbonyl (C=O) groups excluding carboxylic acids is 1. The Balaban J connectivity index is 2.98. The van der Waals surface area contributed by atoms with Gasteiger partial charge in [-0.1, -0.05) is 20.8 Å². The quantitative estimate of drug-likeness (QED) is 0.748. The first-order valence-corrected chi connectivity index (χ1v) is 8.24. The largest absolute Gasteiger partial charge is 0.466 e. The van der Waals surface area contributed by atoms with Gasteiger partial charge in [0.05, 0.1) is 12.0 Å². The third-order valence-electron chi connectivity index (χ3n) is 3.48. The highest BCUT2D eigenvalue weighted by Crippen LogP contribution is 2.34. The van der Waals surface area contributed by atoms with Gasteiger partial charge in [0.15, 0.2) is 0 Å². The third kappa shape index (κ3) is 4.32. The van der Waals surface area contributed by atoms with E-state index in [9.17, 15) is 4.79 Å². The van der Waals surface area contributed by atoms with Crippen molar-refractivity contribution in [3.8, 4) is 0 Å². The highest BCUT2D eigenvalue weighted by Gasteiger charge is 2.39. The van der Waals surface area contributed by atoms with Gasteiger partial charge in [0.2, 0.25) is 0 Å². The predicted octanol–water partition coefficient (Wildman–Crippen LogP) is 3.41. The van der Waals surface area contributed by atoms with Crippen LogP contribution < -0.4 is 5.73 Å². The molecule has 4 heteroatoms. The first-order chi connectivity index (χ1) is 9.47. The fourth-order valence-electron chi connectivity index (χ4n) is 2.57. The van der Waals surface area contributed by atoms with E-state index in [1.165, 1.54) is 9.75 Å². The van der Waals surface area contributed by atoms with Gasteiger partial charge in [0.1, 0.15) is 0 Å². The predicted molar refractivity (Wildman–Crippen MR) is 85.0 cm³/mol. The third-order valence-corrected chi connectivity index (χ3v) is 4.71. The number of carbonyl (C=O) groups is 1. The summed E-state index contributed by atoms with van der Waals surface area (Å²) in [5, 5.41) is 0. The number of hydrogen-bond acceptors (Lipinski definition) is 4. The molecule has 0 saturated carbocycles. The minimum absolute atomic E-state index is 0.150. The molecular formula is C16H27NO2S. The summed E-state index contributed by atoms with van der Waals surface area (Å²) in [6.45, 7) is 8.97. The number of ether oxygens (including phenoxy) is 1. The highest BCUT2D eigenvalue weighted by atomic mass is 32.1. The van der Waals surface area contributed by atoms with Crippen molar-refractivity contribution in [2.75, 3.05) is 13.2 Å². The normalized spacial score (nSPS) is 14.3. The Labute approximate surface area is 126 Å². The van der Waals surface area contributed by atoms with Crippen LogP contribution in [0.5, 0.6) is 0 Å². The van der Waals surface area contributed by atoms with Gasteiger partial charge in [-0.2, -0.15) is 0 Å². The summed E-state index contributed by atoms with van der Waals surface area (Å²) >= 11 is 1.77. The van der Waals surface area contributed by atoms with Crippen LogP contribution in [0.15, 0.2) is 12.1 Å². The van der Waals surface area contributed by atoms with Crippen molar-refractivity contribution < 1.29 is 9.53 Å². The minimum Gasteiger partial charge on any atom is -0.466 e. The Morgan fingerprint density at radius 3 is 2.45 bits per heavy atom. The molecule has 3 nitrogen and oxygen atoms in total. The summed E-state index contributed by atoms with van der Waals surface area (Å²) in [5.41, 5.74) is 5.39. The van der Waals surface area contributed by atoms with Crippen molar-refractivity contribution in [1.29, 1.82) is 0 Å². The van der Waals surface area contributed by atoms with Crippen LogP contribution in [-0.2, 0) is 22.4 Å². The van der Waals surface area contributed by atoms with Gasteiger partial charge in [0.25, 0.3) is 0 Å². The number of thiophene rings is 1. The number of rotatable bonds is 8. The van der Waals surface area contributed by atoms with Crippen molar-refractivity contribution in [2.45, 2.75) is 47.0 Å². The molecule has 0 bridgehead atoms. The molecule has 0 radical (unpaired) electrons. The fraction of sp³-hybridized carbons (Fsp3) is 0.688. The highest BCUT2D eigenvalue weighted by molar-refractivity contribution is 7.12. The van der Waals surface area contributed by atoms with Gasteiger partial charge < -0.3 is 10.5 Å². The van der Waals surface area contributed by atoms with Crippen LogP contribution in [0.25, 0.3) is 0 Å². The molecule has 0 saturated heterocycles. The number of aryl methyl sites for hydroxylation is 1. The topological polar surface area (TPSA) is 52.3 Å². The summed E-state index contributed by atoms with van der Waals surface area (Å²) in [4.78, 5) is 15.0. The standard InChI is InChI=1S/C16H27NO2S/c1-5-13-7-8-14(20-13)10-16(11-17,9-12(3)4)15(18)19-6-2/h7-8,12H,5-6,9-11,17H2,1-4H3. The summed E-state index contributed by atoms with van der Waals surface area (Å²) in [6, 6.07) is 4.26. The lowest BCUT2D eigenvalue weighted by molar-refractivity contribution is -0.156. The maximum absolute atomic E-state index is 12.4. The van der Waals surface area contributed by atoms with Crippen molar-refractivity contribution in [2.24, 2.45) is 17.1 Å². The zero-order valence-corrected chi connectivity index (χ0v) is 13.9. The summed E-state index contributed by atoms with van der Waals surface area (Å²) in [7, 11) is 0. The fourth-order valence-corrected chi connectivity index (χ4v) is 3.67. The van der Waals surface area contributed by atoms with Crippen molar-refractivity contribution in [3.05, 3.63) is 21.9 Å². The zero-order valence-electron chi connectivity index (χ0n) is 13.1. The lowest BCUT2D eigenvalue weighted by Gasteiger charge is -2.31. The van der Waals surface area contributed by atoms with E-state index in [0.29, 0.717) is 25.5 Å². The van der Waals surface area contributed by atoms with Crippen LogP contribution in [0, 0.1) is 11.3 Å². The Morgan fingerprint density at radius 2 is 2.00 bits per heavy atom. The molecule has 1 unspecified atom stereocenters. The second-order valence-electron chi connectivity index (χ2n) is 5.70. The van der Waals surface area contributed by atoms with Gasteiger partial charge >= 0.3 is 5.97 Å². The average molecular weight is 297 g/mol. The Hall–Kier alpha value is -0.870. The van der Waals surface area contributed by atoms with Crippen LogP contribution in [0.3, 0.4) is 0 Å². The van der Waals surface area contributed by atoms with Gasteiger partial charge in [-0.15, -0.1) is 11.3 Å². The molecule has 0 fully saturated rings. The van der Waals surface area contributed by atoms with E-state index in [1.807, 2.05) is 6.92 Å². The van der Waals surface area contributed by atoms with Gasteiger partial charge in [-0.25, -0.2) is 0 Å². The average Bonchev–Trinajstić information content (AvgIpc) is 2.85. The lowest BCUT2D eigenvalue weighted by atomic mass is 9.77. The van der Waals surface area contributed by atoms with Crippen molar-refractivity contribution >= 4 is 17.3 Å². The molecule has 0 spiro atoms. The van der Waals surface area contributed by atoms with E-state index < -0.39 is 5.41 Å². The smallest absolute Gasteiger partial charge is 0.313 e. The van der Waals surface area contributed by atoms with E-state index in [1.54, 1.807) is 11.3 Å². The van der Waals surface area contributed by atoms with Gasteiger partial charge in [0, 0.05) is 16.3 Å². The molecule has 114 valence electrons. The maximum Gasteiger partial charge on any atom is 0.313 e. The van der Waals surface area contributed by atoms with Crippen LogP contribution >= 0.6 is 11.3 Å². The molecule has 0 aliphatic heterocycles. The number of nitrogens with two attached hydrogens (primary N) is 1. The van der Waals surface area contributed by atoms with Crippen LogP contribution in [-0.4, -0.2) is 19.1 Å². The molecule has 1 aromatic heterocycles. The Kier molecular flexibility index (Phi) is 6.69. The molecule has 2 N–H and O–H groups in total. The van der Waals surface area contributed by atoms with Crippen LogP contribution in [0.2, 0.25) is 0 Å². The molecule has 0 aliphatic carbocycles. The summed E-state index contributed by atoms with van der Waals surface area (Å²) in [5.74, 6) is 0.260. The van der Waals surface area contributed by atoms with Crippen LogP contribution in [0.1, 0.15) is 43.9 Å². The zero-order chi connectivity index (χ0) is 15.2. The SMILES string of the molecule is CCOC(=O)C(CN)(Cc1ccc(CC)s1)CC(C)C. The number of esters is 1. The van der Waals surface area contributed by atoms with E-state index in [2.05, 4.69) is 32.9 Å². The second kappa shape index (κ2) is 7.79. The molecule has 0 aromatic carbocycles. The molecule has 0 aliphatic rings. The molecule has 0 amide bonds. The number of hydrogen-bond donors (Lipinski definition) is 1. The Morgan fingerprint density at radius 1 is 1.35 bits per heavy atom. The van der Waals surface area contributed by atoms with E-state index in [4.69, 9.17) is 10.5 Å². The summed E-state index contributed by atoms with van der Waals surface area (Å²) < 4.78 is 5.29. The molecule has 1 rings (SSSR count). The van der Waals surface area contributed by atoms with Crippen molar-refractivity contribution in [3.63, 3.8) is 0 Å². The Bertz CT molecular complexity index is 428. The molecule has 1 atom stereocenters. The molecule has 1 heterocycles. The molecular weight excluding hydrogens is 270 g/mol. The second-order valence-corrected chi connectivity index (χ2v) is 6.95. The first kappa shape index (κ1) is 17.2. The maximum atomic E-state index is 12.4. The first-order valence-electron chi connectivity index (χ1n) is 7.42. The molecule has 1 aromatic rings. The van der Waals surface area contributed by atoms with Crippen molar-refractivity contribution in [1.82, 2.24) is 0 Å². The van der Waals surface area contributed by atoms with Gasteiger partial charge in [-0.3, -0.25) is 4.79 Å². The monoisotopic (exact) mass is 297 g/mol. The molecule has 20 heavy (non-hydrogen) atoms. The lowest BCUT2D eigenvalue weighted by Crippen LogP contribution is -2.43. The minimum atomic E-state index is -0.583. The summed E-state index contributed by atoms with van der Waals surface area (Å²) in [6.07, 6.45) is 2.48.